The number of aromatic nitrogens is 2. The number of hydrogen-bond donors (Lipinski definition) is 1. The van der Waals surface area contributed by atoms with Crippen molar-refractivity contribution in [3.8, 4) is 5.75 Å². The Kier molecular flexibility index (Phi) is 5.02. The number of imidazole rings is 1. The van der Waals surface area contributed by atoms with E-state index in [1.807, 2.05) is 25.5 Å². The maximum Gasteiger partial charge on any atom is 0.123 e. The first-order chi connectivity index (χ1) is 10.1. The number of likely N-dealkylation sites (N-methyl/N-ethyl adjacent to an activating group) is 1. The summed E-state index contributed by atoms with van der Waals surface area (Å²) in [7, 11) is 3.70. The van der Waals surface area contributed by atoms with Crippen molar-refractivity contribution in [1.82, 2.24) is 14.9 Å². The monoisotopic (exact) mass is 287 g/mol. The largest absolute Gasteiger partial charge is 0.496 e. The lowest BCUT2D eigenvalue weighted by Gasteiger charge is -2.22. The number of aryl methyl sites for hydroxylation is 1. The standard InChI is InChI=1S/C17H25N3O/c1-12(2)17-19-8-9-20(17)11-15(18-4)14-10-13(3)6-7-16(14)21-5/h6-10,12,15,18H,11H2,1-5H3. The zero-order chi connectivity index (χ0) is 15.4. The molecule has 0 saturated carbocycles. The number of hydrogen-bond acceptors (Lipinski definition) is 3. The number of nitrogens with one attached hydrogen (secondary N) is 1. The van der Waals surface area contributed by atoms with Crippen LogP contribution >= 0.6 is 0 Å². The molecule has 1 atom stereocenters. The van der Waals surface area contributed by atoms with Gasteiger partial charge < -0.3 is 14.6 Å². The van der Waals surface area contributed by atoms with E-state index in [1.54, 1.807) is 7.11 Å². The van der Waals surface area contributed by atoms with Gasteiger partial charge in [-0.3, -0.25) is 0 Å². The van der Waals surface area contributed by atoms with E-state index >= 15 is 0 Å². The predicted octanol–water partition coefficient (Wildman–Crippen LogP) is 3.28. The van der Waals surface area contributed by atoms with Gasteiger partial charge in [0.1, 0.15) is 11.6 Å². The van der Waals surface area contributed by atoms with Crippen LogP contribution in [-0.4, -0.2) is 23.7 Å². The van der Waals surface area contributed by atoms with Crippen LogP contribution < -0.4 is 10.1 Å². The van der Waals surface area contributed by atoms with Crippen molar-refractivity contribution in [1.29, 1.82) is 0 Å². The van der Waals surface area contributed by atoms with Crippen LogP contribution in [0.5, 0.6) is 5.75 Å². The summed E-state index contributed by atoms with van der Waals surface area (Å²) >= 11 is 0. The highest BCUT2D eigenvalue weighted by Crippen LogP contribution is 2.28. The van der Waals surface area contributed by atoms with E-state index in [9.17, 15) is 0 Å². The van der Waals surface area contributed by atoms with E-state index in [1.165, 1.54) is 11.1 Å². The van der Waals surface area contributed by atoms with Crippen molar-refractivity contribution in [3.63, 3.8) is 0 Å². The van der Waals surface area contributed by atoms with Crippen molar-refractivity contribution < 1.29 is 4.74 Å². The average molecular weight is 287 g/mol. The van der Waals surface area contributed by atoms with Crippen LogP contribution in [0, 0.1) is 6.92 Å². The first kappa shape index (κ1) is 15.6. The molecule has 0 aliphatic heterocycles. The number of nitrogens with zero attached hydrogens (tertiary/aromatic N) is 2. The Morgan fingerprint density at radius 2 is 2.10 bits per heavy atom. The molecule has 1 heterocycles. The topological polar surface area (TPSA) is 39.1 Å². The molecule has 1 N–H and O–H groups in total. The number of ether oxygens (including phenoxy) is 1. The summed E-state index contributed by atoms with van der Waals surface area (Å²) in [6.45, 7) is 7.27. The molecule has 0 radical (unpaired) electrons. The van der Waals surface area contributed by atoms with Gasteiger partial charge in [0.05, 0.1) is 13.2 Å². The Morgan fingerprint density at radius 3 is 2.71 bits per heavy atom. The molecule has 0 saturated heterocycles. The molecule has 0 bridgehead atoms. The predicted molar refractivity (Wildman–Crippen MR) is 85.8 cm³/mol. The van der Waals surface area contributed by atoms with Crippen LogP contribution in [0.4, 0.5) is 0 Å². The molecule has 2 rings (SSSR count). The van der Waals surface area contributed by atoms with Crippen LogP contribution in [0.15, 0.2) is 30.6 Å². The lowest BCUT2D eigenvalue weighted by Crippen LogP contribution is -2.23. The smallest absolute Gasteiger partial charge is 0.123 e. The third-order valence-corrected chi connectivity index (χ3v) is 3.75. The fourth-order valence-corrected chi connectivity index (χ4v) is 2.64. The van der Waals surface area contributed by atoms with Gasteiger partial charge in [0.2, 0.25) is 0 Å². The third-order valence-electron chi connectivity index (χ3n) is 3.75. The fraction of sp³-hybridized carbons (Fsp3) is 0.471. The number of benzene rings is 1. The summed E-state index contributed by atoms with van der Waals surface area (Å²) in [5, 5.41) is 3.40. The van der Waals surface area contributed by atoms with E-state index in [-0.39, 0.29) is 6.04 Å². The minimum absolute atomic E-state index is 0.187. The second-order valence-corrected chi connectivity index (χ2v) is 5.68. The first-order valence-corrected chi connectivity index (χ1v) is 7.39. The Morgan fingerprint density at radius 1 is 1.33 bits per heavy atom. The van der Waals surface area contributed by atoms with Gasteiger partial charge in [0.25, 0.3) is 0 Å². The lowest BCUT2D eigenvalue weighted by molar-refractivity contribution is 0.393. The van der Waals surface area contributed by atoms with Crippen molar-refractivity contribution in [2.24, 2.45) is 0 Å². The molecule has 4 nitrogen and oxygen atoms in total. The van der Waals surface area contributed by atoms with Crippen LogP contribution in [0.1, 0.15) is 42.8 Å². The molecule has 0 aliphatic rings. The highest BCUT2D eigenvalue weighted by molar-refractivity contribution is 5.39. The van der Waals surface area contributed by atoms with Gasteiger partial charge >= 0.3 is 0 Å². The minimum Gasteiger partial charge on any atom is -0.496 e. The second-order valence-electron chi connectivity index (χ2n) is 5.68. The Labute approximate surface area is 127 Å². The van der Waals surface area contributed by atoms with E-state index < -0.39 is 0 Å². The van der Waals surface area contributed by atoms with Crippen LogP contribution in [0.25, 0.3) is 0 Å². The van der Waals surface area contributed by atoms with Gasteiger partial charge in [-0.1, -0.05) is 31.5 Å². The van der Waals surface area contributed by atoms with Crippen molar-refractivity contribution in [3.05, 3.63) is 47.5 Å². The summed E-state index contributed by atoms with van der Waals surface area (Å²) in [6.07, 6.45) is 3.91. The van der Waals surface area contributed by atoms with Gasteiger partial charge in [0, 0.05) is 30.4 Å². The number of methoxy groups -OCH3 is 1. The fourth-order valence-electron chi connectivity index (χ4n) is 2.64. The highest BCUT2D eigenvalue weighted by atomic mass is 16.5. The highest BCUT2D eigenvalue weighted by Gasteiger charge is 2.17. The summed E-state index contributed by atoms with van der Waals surface area (Å²) in [5.41, 5.74) is 2.42. The number of rotatable bonds is 6. The minimum atomic E-state index is 0.187. The van der Waals surface area contributed by atoms with Gasteiger partial charge in [-0.15, -0.1) is 0 Å². The maximum atomic E-state index is 5.52. The molecule has 0 aliphatic carbocycles. The molecule has 4 heteroatoms. The molecule has 21 heavy (non-hydrogen) atoms. The molecule has 1 unspecified atom stereocenters. The van der Waals surface area contributed by atoms with Gasteiger partial charge in [-0.2, -0.15) is 0 Å². The zero-order valence-corrected chi connectivity index (χ0v) is 13.6. The molecular formula is C17H25N3O. The lowest BCUT2D eigenvalue weighted by atomic mass is 10.0. The summed E-state index contributed by atoms with van der Waals surface area (Å²) in [4.78, 5) is 4.46. The average Bonchev–Trinajstić information content (AvgIpc) is 2.93. The second kappa shape index (κ2) is 6.76. The third kappa shape index (κ3) is 3.45. The quantitative estimate of drug-likeness (QED) is 0.886. The molecule has 1 aromatic heterocycles. The summed E-state index contributed by atoms with van der Waals surface area (Å²) < 4.78 is 7.73. The Balaban J connectivity index is 2.32. The van der Waals surface area contributed by atoms with Crippen molar-refractivity contribution in [2.45, 2.75) is 39.3 Å². The van der Waals surface area contributed by atoms with Gasteiger partial charge in [0.15, 0.2) is 0 Å². The normalized spacial score (nSPS) is 12.7. The molecular weight excluding hydrogens is 262 g/mol. The van der Waals surface area contributed by atoms with Crippen molar-refractivity contribution in [2.75, 3.05) is 14.2 Å². The molecule has 2 aromatic rings. The summed E-state index contributed by atoms with van der Waals surface area (Å²) in [6, 6.07) is 6.48. The molecule has 1 aromatic carbocycles. The van der Waals surface area contributed by atoms with E-state index in [4.69, 9.17) is 4.74 Å². The maximum absolute atomic E-state index is 5.52. The van der Waals surface area contributed by atoms with Gasteiger partial charge in [-0.05, 0) is 20.0 Å². The van der Waals surface area contributed by atoms with E-state index in [0.29, 0.717) is 5.92 Å². The van der Waals surface area contributed by atoms with Crippen molar-refractivity contribution >= 4 is 0 Å². The van der Waals surface area contributed by atoms with Crippen LogP contribution in [0.2, 0.25) is 0 Å². The van der Waals surface area contributed by atoms with Crippen LogP contribution in [-0.2, 0) is 6.54 Å². The zero-order valence-electron chi connectivity index (χ0n) is 13.6. The first-order valence-electron chi connectivity index (χ1n) is 7.39. The molecule has 0 fully saturated rings. The van der Waals surface area contributed by atoms with E-state index in [0.717, 1.165) is 18.1 Å². The van der Waals surface area contributed by atoms with Gasteiger partial charge in [-0.25, -0.2) is 4.98 Å². The Hall–Kier alpha value is -1.81. The Bertz CT molecular complexity index is 589. The SMILES string of the molecule is CNC(Cn1ccnc1C(C)C)c1cc(C)ccc1OC. The van der Waals surface area contributed by atoms with E-state index in [2.05, 4.69) is 47.8 Å². The van der Waals surface area contributed by atoms with Crippen LogP contribution in [0.3, 0.4) is 0 Å². The summed E-state index contributed by atoms with van der Waals surface area (Å²) in [5.74, 6) is 2.45. The molecule has 0 amide bonds. The molecule has 114 valence electrons. The molecule has 0 spiro atoms.